The summed E-state index contributed by atoms with van der Waals surface area (Å²) < 4.78 is 0. The molecule has 3 heterocycles. The minimum absolute atomic E-state index is 0.419. The van der Waals surface area contributed by atoms with Gasteiger partial charge in [0.1, 0.15) is 0 Å². The van der Waals surface area contributed by atoms with Crippen molar-refractivity contribution in [3.8, 4) is 0 Å². The van der Waals surface area contributed by atoms with Gasteiger partial charge in [-0.1, -0.05) is 0 Å². The fourth-order valence-electron chi connectivity index (χ4n) is 3.48. The van der Waals surface area contributed by atoms with Gasteiger partial charge in [0.15, 0.2) is 0 Å². The van der Waals surface area contributed by atoms with Gasteiger partial charge in [-0.3, -0.25) is 0 Å². The van der Waals surface area contributed by atoms with Crippen LogP contribution in [0, 0.1) is 0 Å². The molecule has 3 aliphatic rings. The first kappa shape index (κ1) is 12.3. The molecule has 0 aromatic heterocycles. The maximum absolute atomic E-state index is 10.3. The van der Waals surface area contributed by atoms with Gasteiger partial charge in [-0.25, -0.2) is 0 Å². The number of nitrogens with zero attached hydrogens (tertiary/aromatic N) is 1. The lowest BCUT2D eigenvalue weighted by Gasteiger charge is -2.36. The van der Waals surface area contributed by atoms with E-state index in [0.29, 0.717) is 6.04 Å². The molecule has 3 atom stereocenters. The average Bonchev–Trinajstić information content (AvgIpc) is 2.95. The molecule has 0 spiro atoms. The van der Waals surface area contributed by atoms with E-state index in [0.717, 1.165) is 30.5 Å². The molecule has 3 aliphatic heterocycles. The zero-order valence-corrected chi connectivity index (χ0v) is 11.3. The van der Waals surface area contributed by atoms with E-state index in [4.69, 9.17) is 0 Å². The van der Waals surface area contributed by atoms with E-state index in [1.54, 1.807) is 0 Å². The molecule has 0 amide bonds. The van der Waals surface area contributed by atoms with Crippen LogP contribution in [0.3, 0.4) is 0 Å². The molecule has 98 valence electrons. The highest BCUT2D eigenvalue weighted by Gasteiger charge is 2.35. The van der Waals surface area contributed by atoms with Crippen LogP contribution in [0.25, 0.3) is 0 Å². The van der Waals surface area contributed by atoms with E-state index in [2.05, 4.69) is 10.2 Å². The Morgan fingerprint density at radius 1 is 1.35 bits per heavy atom. The zero-order chi connectivity index (χ0) is 11.7. The summed E-state index contributed by atoms with van der Waals surface area (Å²) in [7, 11) is 0. The summed E-state index contributed by atoms with van der Waals surface area (Å²) in [5, 5.41) is 13.9. The molecule has 17 heavy (non-hydrogen) atoms. The Morgan fingerprint density at radius 3 is 3.12 bits per heavy atom. The minimum atomic E-state index is -0.419. The second-order valence-corrected chi connectivity index (χ2v) is 7.07. The third kappa shape index (κ3) is 2.80. The lowest BCUT2D eigenvalue weighted by atomic mass is 9.96. The Kier molecular flexibility index (Phi) is 3.67. The third-order valence-corrected chi connectivity index (χ3v) is 5.86. The first-order chi connectivity index (χ1) is 8.25. The molecule has 4 heteroatoms. The number of hydrogen-bond acceptors (Lipinski definition) is 4. The van der Waals surface area contributed by atoms with Crippen LogP contribution in [0.5, 0.6) is 0 Å². The highest BCUT2D eigenvalue weighted by Crippen LogP contribution is 2.29. The van der Waals surface area contributed by atoms with Gasteiger partial charge in [-0.15, -0.1) is 0 Å². The second-order valence-electron chi connectivity index (χ2n) is 5.96. The van der Waals surface area contributed by atoms with Crippen LogP contribution in [-0.4, -0.2) is 58.8 Å². The fraction of sp³-hybridized carbons (Fsp3) is 1.00. The Bertz CT molecular complexity index is 268. The molecule has 3 saturated heterocycles. The Morgan fingerprint density at radius 2 is 2.29 bits per heavy atom. The summed E-state index contributed by atoms with van der Waals surface area (Å²) in [6.07, 6.45) is 6.30. The quantitative estimate of drug-likeness (QED) is 0.792. The predicted molar refractivity (Wildman–Crippen MR) is 72.5 cm³/mol. The van der Waals surface area contributed by atoms with Crippen molar-refractivity contribution in [2.24, 2.45) is 0 Å². The van der Waals surface area contributed by atoms with Crippen LogP contribution in [0.4, 0.5) is 0 Å². The molecule has 3 nitrogen and oxygen atoms in total. The van der Waals surface area contributed by atoms with Crippen LogP contribution < -0.4 is 5.32 Å². The van der Waals surface area contributed by atoms with E-state index >= 15 is 0 Å². The largest absolute Gasteiger partial charge is 0.388 e. The number of hydrogen-bond donors (Lipinski definition) is 2. The van der Waals surface area contributed by atoms with Crippen LogP contribution in [0.15, 0.2) is 0 Å². The van der Waals surface area contributed by atoms with Crippen molar-refractivity contribution in [1.82, 2.24) is 10.2 Å². The standard InChI is InChI=1S/C13H24N2OS/c16-13(4-7-17-10-13)9-14-11-3-6-15-5-1-2-12(15)8-11/h11-12,14,16H,1-10H2. The van der Waals surface area contributed by atoms with Crippen molar-refractivity contribution in [3.63, 3.8) is 0 Å². The first-order valence-electron chi connectivity index (χ1n) is 7.03. The highest BCUT2D eigenvalue weighted by molar-refractivity contribution is 7.99. The third-order valence-electron chi connectivity index (χ3n) is 4.62. The smallest absolute Gasteiger partial charge is 0.0869 e. The molecule has 2 N–H and O–H groups in total. The summed E-state index contributed by atoms with van der Waals surface area (Å²) >= 11 is 1.88. The lowest BCUT2D eigenvalue weighted by molar-refractivity contribution is 0.0586. The Hall–Kier alpha value is 0.230. The number of aliphatic hydroxyl groups is 1. The molecule has 3 unspecified atom stereocenters. The summed E-state index contributed by atoms with van der Waals surface area (Å²) in [5.74, 6) is 2.04. The zero-order valence-electron chi connectivity index (χ0n) is 10.5. The number of fused-ring (bicyclic) bond motifs is 1. The molecular formula is C13H24N2OS. The van der Waals surface area contributed by atoms with Crippen LogP contribution in [0.2, 0.25) is 0 Å². The van der Waals surface area contributed by atoms with Crippen LogP contribution in [-0.2, 0) is 0 Å². The second kappa shape index (κ2) is 5.08. The lowest BCUT2D eigenvalue weighted by Crippen LogP contribution is -2.50. The Balaban J connectivity index is 1.46. The number of nitrogens with one attached hydrogen (secondary N) is 1. The van der Waals surface area contributed by atoms with Gasteiger partial charge in [0, 0.05) is 24.4 Å². The van der Waals surface area contributed by atoms with Gasteiger partial charge < -0.3 is 15.3 Å². The molecule has 0 bridgehead atoms. The Labute approximate surface area is 108 Å². The minimum Gasteiger partial charge on any atom is -0.388 e. The number of thioether (sulfide) groups is 1. The van der Waals surface area contributed by atoms with E-state index in [9.17, 15) is 5.11 Å². The molecule has 0 radical (unpaired) electrons. The molecule has 0 aromatic rings. The first-order valence-corrected chi connectivity index (χ1v) is 8.18. The molecule has 0 aliphatic carbocycles. The summed E-state index contributed by atoms with van der Waals surface area (Å²) in [4.78, 5) is 2.65. The van der Waals surface area contributed by atoms with Crippen molar-refractivity contribution >= 4 is 11.8 Å². The van der Waals surface area contributed by atoms with Crippen molar-refractivity contribution in [1.29, 1.82) is 0 Å². The predicted octanol–water partition coefficient (Wildman–Crippen LogP) is 1.07. The normalized spacial score (nSPS) is 42.9. The monoisotopic (exact) mass is 256 g/mol. The van der Waals surface area contributed by atoms with Gasteiger partial charge >= 0.3 is 0 Å². The van der Waals surface area contributed by atoms with E-state index < -0.39 is 5.60 Å². The van der Waals surface area contributed by atoms with Crippen molar-refractivity contribution in [3.05, 3.63) is 0 Å². The maximum atomic E-state index is 10.3. The van der Waals surface area contributed by atoms with Crippen LogP contribution >= 0.6 is 11.8 Å². The van der Waals surface area contributed by atoms with Crippen molar-refractivity contribution in [2.45, 2.75) is 49.8 Å². The van der Waals surface area contributed by atoms with Crippen molar-refractivity contribution < 1.29 is 5.11 Å². The topological polar surface area (TPSA) is 35.5 Å². The maximum Gasteiger partial charge on any atom is 0.0869 e. The fourth-order valence-corrected chi connectivity index (χ4v) is 4.77. The van der Waals surface area contributed by atoms with Gasteiger partial charge in [0.25, 0.3) is 0 Å². The number of piperidine rings is 1. The van der Waals surface area contributed by atoms with Crippen LogP contribution in [0.1, 0.15) is 32.1 Å². The summed E-state index contributed by atoms with van der Waals surface area (Å²) in [6.45, 7) is 3.38. The molecule has 3 fully saturated rings. The molecule has 0 saturated carbocycles. The molecule has 0 aromatic carbocycles. The van der Waals surface area contributed by atoms with Gasteiger partial charge in [-0.2, -0.15) is 11.8 Å². The van der Waals surface area contributed by atoms with E-state index in [1.807, 2.05) is 11.8 Å². The average molecular weight is 256 g/mol. The van der Waals surface area contributed by atoms with Gasteiger partial charge in [0.2, 0.25) is 0 Å². The summed E-state index contributed by atoms with van der Waals surface area (Å²) in [6, 6.07) is 1.47. The molecular weight excluding hydrogens is 232 g/mol. The summed E-state index contributed by atoms with van der Waals surface area (Å²) in [5.41, 5.74) is -0.419. The highest BCUT2D eigenvalue weighted by atomic mass is 32.2. The van der Waals surface area contributed by atoms with E-state index in [-0.39, 0.29) is 0 Å². The van der Waals surface area contributed by atoms with E-state index in [1.165, 1.54) is 38.8 Å². The molecule has 3 rings (SSSR count). The SMILES string of the molecule is OC1(CNC2CCN3CCCC3C2)CCSC1. The van der Waals surface area contributed by atoms with Gasteiger partial charge in [-0.05, 0) is 50.9 Å². The number of rotatable bonds is 3. The van der Waals surface area contributed by atoms with Gasteiger partial charge in [0.05, 0.1) is 5.60 Å². The van der Waals surface area contributed by atoms with Crippen molar-refractivity contribution in [2.75, 3.05) is 31.1 Å².